The van der Waals surface area contributed by atoms with E-state index in [1.807, 2.05) is 43.1 Å². The van der Waals surface area contributed by atoms with Crippen LogP contribution >= 0.6 is 0 Å². The number of halogens is 3. The van der Waals surface area contributed by atoms with Gasteiger partial charge < -0.3 is 25.1 Å². The van der Waals surface area contributed by atoms with Crippen LogP contribution in [0.5, 0.6) is 0 Å². The maximum absolute atomic E-state index is 13.2. The molecule has 0 saturated carbocycles. The van der Waals surface area contributed by atoms with Crippen LogP contribution in [0.2, 0.25) is 0 Å². The zero-order chi connectivity index (χ0) is 29.5. The highest BCUT2D eigenvalue weighted by Gasteiger charge is 2.38. The smallest absolute Gasteiger partial charge is 0.475 e. The number of carboxylic acids is 1. The first-order valence-electron chi connectivity index (χ1n) is 12.8. The highest BCUT2D eigenvalue weighted by atomic mass is 32.2. The van der Waals surface area contributed by atoms with Crippen molar-refractivity contribution in [2.45, 2.75) is 24.4 Å². The molecule has 2 aliphatic rings. The van der Waals surface area contributed by atoms with Gasteiger partial charge in [-0.05, 0) is 49.4 Å². The van der Waals surface area contributed by atoms with E-state index < -0.39 is 22.2 Å². The van der Waals surface area contributed by atoms with Gasteiger partial charge in [0.1, 0.15) is 0 Å². The zero-order valence-corrected chi connectivity index (χ0v) is 23.2. The average Bonchev–Trinajstić information content (AvgIpc) is 2.93. The van der Waals surface area contributed by atoms with E-state index in [1.54, 1.807) is 18.2 Å². The Hall–Kier alpha value is -3.36. The van der Waals surface area contributed by atoms with E-state index in [4.69, 9.17) is 9.90 Å². The summed E-state index contributed by atoms with van der Waals surface area (Å²) in [6.07, 6.45) is -4.24. The second-order valence-corrected chi connectivity index (χ2v) is 11.2. The predicted octanol–water partition coefficient (Wildman–Crippen LogP) is 2.48. The van der Waals surface area contributed by atoms with Crippen molar-refractivity contribution in [3.63, 3.8) is 0 Å². The van der Waals surface area contributed by atoms with Crippen LogP contribution in [0, 0.1) is 0 Å². The van der Waals surface area contributed by atoms with Crippen molar-refractivity contribution in [2.75, 3.05) is 69.0 Å². The molecule has 3 N–H and O–H groups in total. The van der Waals surface area contributed by atoms with E-state index >= 15 is 0 Å². The Balaban J connectivity index is 0.000000559. The lowest BCUT2D eigenvalue weighted by molar-refractivity contribution is -0.192. The van der Waals surface area contributed by atoms with E-state index in [9.17, 15) is 26.4 Å². The molecule has 14 heteroatoms. The number of likely N-dealkylation sites (N-methyl/N-ethyl adjacent to an activating group) is 1. The van der Waals surface area contributed by atoms with Gasteiger partial charge in [0.25, 0.3) is 15.9 Å². The molecule has 4 rings (SSSR count). The number of aliphatic carboxylic acids is 1. The highest BCUT2D eigenvalue weighted by Crippen LogP contribution is 2.30. The van der Waals surface area contributed by atoms with Crippen molar-refractivity contribution in [1.29, 1.82) is 0 Å². The second-order valence-electron chi connectivity index (χ2n) is 9.47. The number of aryl methyl sites for hydroxylation is 1. The third-order valence-corrected chi connectivity index (χ3v) is 8.00. The average molecular weight is 586 g/mol. The fraction of sp³-hybridized carbons (Fsp3) is 0.462. The molecule has 2 heterocycles. The van der Waals surface area contributed by atoms with Crippen LogP contribution in [0.25, 0.3) is 0 Å². The van der Waals surface area contributed by atoms with E-state index in [1.165, 1.54) is 0 Å². The zero-order valence-electron chi connectivity index (χ0n) is 22.4. The van der Waals surface area contributed by atoms with Crippen LogP contribution in [0.15, 0.2) is 47.4 Å². The minimum atomic E-state index is -5.08. The predicted molar refractivity (Wildman–Crippen MR) is 145 cm³/mol. The number of carboxylic acid groups (broad SMARTS) is 1. The third-order valence-electron chi connectivity index (χ3n) is 6.62. The number of alkyl halides is 3. The molecule has 0 bridgehead atoms. The molecule has 220 valence electrons. The van der Waals surface area contributed by atoms with Crippen LogP contribution < -0.4 is 14.9 Å². The Labute approximate surface area is 231 Å². The maximum atomic E-state index is 13.2. The standard InChI is InChI=1S/C24H33N5O3S.C2HF3O2/c1-3-19-4-7-21(8-5-19)33(31,32)26-22-18-20(24(30)29-16-14-27(2)15-17-29)6-9-23(22)28-12-10-25-11-13-28;3-2(4,5)1(6)7/h4-9,18,25-26H,3,10-17H2,1-2H3;(H,6,7). The molecule has 0 radical (unpaired) electrons. The molecular weight excluding hydrogens is 551 g/mol. The summed E-state index contributed by atoms with van der Waals surface area (Å²) in [6.45, 7) is 8.22. The minimum absolute atomic E-state index is 0.0669. The number of amides is 1. The van der Waals surface area contributed by atoms with Crippen LogP contribution in [0.3, 0.4) is 0 Å². The summed E-state index contributed by atoms with van der Waals surface area (Å²) in [4.78, 5) is 28.4. The monoisotopic (exact) mass is 585 g/mol. The molecule has 1 amide bonds. The Morgan fingerprint density at radius 1 is 0.975 bits per heavy atom. The van der Waals surface area contributed by atoms with E-state index in [0.717, 1.165) is 56.9 Å². The summed E-state index contributed by atoms with van der Waals surface area (Å²) in [6, 6.07) is 12.3. The molecule has 2 aliphatic heterocycles. The molecule has 0 aliphatic carbocycles. The van der Waals surface area contributed by atoms with Crippen LogP contribution in [-0.4, -0.2) is 101 Å². The van der Waals surface area contributed by atoms with Gasteiger partial charge in [-0.15, -0.1) is 0 Å². The fourth-order valence-electron chi connectivity index (χ4n) is 4.23. The maximum Gasteiger partial charge on any atom is 0.490 e. The molecule has 2 saturated heterocycles. The van der Waals surface area contributed by atoms with Gasteiger partial charge in [0.05, 0.1) is 16.3 Å². The Bertz CT molecular complexity index is 1270. The second kappa shape index (κ2) is 13.3. The summed E-state index contributed by atoms with van der Waals surface area (Å²) in [5.41, 5.74) is 2.81. The molecule has 0 unspecified atom stereocenters. The molecular formula is C26H34F3N5O5S. The molecule has 2 aromatic carbocycles. The lowest BCUT2D eigenvalue weighted by Gasteiger charge is -2.33. The van der Waals surface area contributed by atoms with Crippen molar-refractivity contribution in [3.05, 3.63) is 53.6 Å². The summed E-state index contributed by atoms with van der Waals surface area (Å²) >= 11 is 0. The van der Waals surface area contributed by atoms with Gasteiger partial charge in [0.2, 0.25) is 0 Å². The normalized spacial score (nSPS) is 16.6. The van der Waals surface area contributed by atoms with Crippen molar-refractivity contribution < 1.29 is 36.3 Å². The first-order valence-corrected chi connectivity index (χ1v) is 14.3. The van der Waals surface area contributed by atoms with Crippen molar-refractivity contribution >= 4 is 33.3 Å². The lowest BCUT2D eigenvalue weighted by atomic mass is 10.1. The Kier molecular flexibility index (Phi) is 10.4. The molecule has 0 aromatic heterocycles. The number of carbonyl (C=O) groups excluding carboxylic acids is 1. The van der Waals surface area contributed by atoms with Crippen LogP contribution in [0.1, 0.15) is 22.8 Å². The van der Waals surface area contributed by atoms with E-state index in [2.05, 4.69) is 19.8 Å². The fourth-order valence-corrected chi connectivity index (χ4v) is 5.30. The number of piperazine rings is 2. The van der Waals surface area contributed by atoms with E-state index in [-0.39, 0.29) is 10.8 Å². The quantitative estimate of drug-likeness (QED) is 0.473. The van der Waals surface area contributed by atoms with Crippen molar-refractivity contribution in [3.8, 4) is 0 Å². The Morgan fingerprint density at radius 3 is 2.08 bits per heavy atom. The number of benzene rings is 2. The molecule has 2 fully saturated rings. The summed E-state index contributed by atoms with van der Waals surface area (Å²) < 4.78 is 60.9. The summed E-state index contributed by atoms with van der Waals surface area (Å²) in [5, 5.41) is 10.4. The molecule has 0 atom stereocenters. The van der Waals surface area contributed by atoms with Gasteiger partial charge >= 0.3 is 12.1 Å². The van der Waals surface area contributed by atoms with Crippen LogP contribution in [0.4, 0.5) is 24.5 Å². The lowest BCUT2D eigenvalue weighted by Crippen LogP contribution is -2.47. The first kappa shape index (κ1) is 31.2. The number of anilines is 2. The number of rotatable bonds is 6. The van der Waals surface area contributed by atoms with Crippen molar-refractivity contribution in [1.82, 2.24) is 15.1 Å². The summed E-state index contributed by atoms with van der Waals surface area (Å²) in [7, 11) is -1.75. The van der Waals surface area contributed by atoms with Gasteiger partial charge in [0.15, 0.2) is 0 Å². The van der Waals surface area contributed by atoms with Crippen molar-refractivity contribution in [2.24, 2.45) is 0 Å². The topological polar surface area (TPSA) is 122 Å². The van der Waals surface area contributed by atoms with Gasteiger partial charge in [-0.2, -0.15) is 13.2 Å². The largest absolute Gasteiger partial charge is 0.490 e. The highest BCUT2D eigenvalue weighted by molar-refractivity contribution is 7.92. The Morgan fingerprint density at radius 2 is 1.55 bits per heavy atom. The molecule has 0 spiro atoms. The number of carbonyl (C=O) groups is 2. The number of hydrogen-bond donors (Lipinski definition) is 3. The number of hydrogen-bond acceptors (Lipinski definition) is 7. The number of nitrogens with one attached hydrogen (secondary N) is 2. The molecule has 40 heavy (non-hydrogen) atoms. The van der Waals surface area contributed by atoms with Gasteiger partial charge in [-0.3, -0.25) is 9.52 Å². The number of sulfonamides is 1. The molecule has 10 nitrogen and oxygen atoms in total. The molecule has 2 aromatic rings. The third kappa shape index (κ3) is 8.32. The van der Waals surface area contributed by atoms with Gasteiger partial charge in [-0.1, -0.05) is 19.1 Å². The minimum Gasteiger partial charge on any atom is -0.475 e. The van der Waals surface area contributed by atoms with Crippen LogP contribution in [-0.2, 0) is 21.2 Å². The van der Waals surface area contributed by atoms with E-state index in [0.29, 0.717) is 24.3 Å². The first-order chi connectivity index (χ1) is 18.8. The van der Waals surface area contributed by atoms with Gasteiger partial charge in [-0.25, -0.2) is 13.2 Å². The number of nitrogens with zero attached hydrogens (tertiary/aromatic N) is 3. The SMILES string of the molecule is CCc1ccc(S(=O)(=O)Nc2cc(C(=O)N3CCN(C)CC3)ccc2N2CCNCC2)cc1.O=C(O)C(F)(F)F. The summed E-state index contributed by atoms with van der Waals surface area (Å²) in [5.74, 6) is -2.82. The van der Waals surface area contributed by atoms with Gasteiger partial charge in [0, 0.05) is 57.9 Å².